The van der Waals surface area contributed by atoms with E-state index in [4.69, 9.17) is 5.11 Å². The Bertz CT molecular complexity index is 97.0. The van der Waals surface area contributed by atoms with Crippen LogP contribution in [0.15, 0.2) is 0 Å². The largest absolute Gasteiger partial charge is 0.478 e. The van der Waals surface area contributed by atoms with Gasteiger partial charge in [0.2, 0.25) is 5.50 Å². The van der Waals surface area contributed by atoms with Crippen LogP contribution in [0.2, 0.25) is 0 Å². The van der Waals surface area contributed by atoms with Crippen molar-refractivity contribution < 1.29 is 14.3 Å². The van der Waals surface area contributed by atoms with E-state index in [0.29, 0.717) is 5.75 Å². The highest BCUT2D eigenvalue weighted by atomic mass is 32.2. The zero-order chi connectivity index (χ0) is 7.28. The molecule has 0 radical (unpaired) electrons. The van der Waals surface area contributed by atoms with Crippen LogP contribution in [0.3, 0.4) is 0 Å². The van der Waals surface area contributed by atoms with Crippen molar-refractivity contribution in [1.29, 1.82) is 0 Å². The van der Waals surface area contributed by atoms with Gasteiger partial charge in [-0.2, -0.15) is 0 Å². The summed E-state index contributed by atoms with van der Waals surface area (Å²) in [5.41, 5.74) is -1.75. The molecule has 0 aromatic rings. The van der Waals surface area contributed by atoms with E-state index in [1.165, 1.54) is 0 Å². The minimum atomic E-state index is -1.75. The van der Waals surface area contributed by atoms with Crippen molar-refractivity contribution in [2.24, 2.45) is 0 Å². The van der Waals surface area contributed by atoms with Crippen molar-refractivity contribution in [2.45, 2.75) is 18.8 Å². The molecule has 2 nitrogen and oxygen atoms in total. The Kier molecular flexibility index (Phi) is 4.48. The SMILES string of the molecule is CCCSC(F)C(=O)O. The van der Waals surface area contributed by atoms with Crippen LogP contribution in [0.5, 0.6) is 0 Å². The van der Waals surface area contributed by atoms with Crippen LogP contribution in [0.1, 0.15) is 13.3 Å². The summed E-state index contributed by atoms with van der Waals surface area (Å²) in [6, 6.07) is 0. The molecule has 1 atom stereocenters. The summed E-state index contributed by atoms with van der Waals surface area (Å²) >= 11 is 0.818. The molecule has 1 unspecified atom stereocenters. The molecule has 9 heavy (non-hydrogen) atoms. The van der Waals surface area contributed by atoms with Crippen LogP contribution in [0.4, 0.5) is 4.39 Å². The van der Waals surface area contributed by atoms with Crippen LogP contribution in [0, 0.1) is 0 Å². The molecule has 4 heteroatoms. The second-order valence-electron chi connectivity index (χ2n) is 1.53. The van der Waals surface area contributed by atoms with E-state index in [2.05, 4.69) is 0 Å². The standard InChI is InChI=1S/C5H9FO2S/c1-2-3-9-4(6)5(7)8/h4H,2-3H2,1H3,(H,7,8). The molecular weight excluding hydrogens is 143 g/mol. The molecule has 0 fully saturated rings. The lowest BCUT2D eigenvalue weighted by Crippen LogP contribution is -2.10. The summed E-state index contributed by atoms with van der Waals surface area (Å²) < 4.78 is 12.1. The van der Waals surface area contributed by atoms with E-state index >= 15 is 0 Å². The molecule has 0 heterocycles. The fraction of sp³-hybridized carbons (Fsp3) is 0.800. The van der Waals surface area contributed by atoms with E-state index in [9.17, 15) is 9.18 Å². The van der Waals surface area contributed by atoms with E-state index < -0.39 is 11.5 Å². The Morgan fingerprint density at radius 2 is 2.44 bits per heavy atom. The summed E-state index contributed by atoms with van der Waals surface area (Å²) in [6.07, 6.45) is 0.804. The number of thioether (sulfide) groups is 1. The number of carboxylic acid groups (broad SMARTS) is 1. The fourth-order valence-corrected chi connectivity index (χ4v) is 0.878. The van der Waals surface area contributed by atoms with E-state index in [0.717, 1.165) is 18.2 Å². The third-order valence-electron chi connectivity index (χ3n) is 0.662. The second kappa shape index (κ2) is 4.61. The second-order valence-corrected chi connectivity index (χ2v) is 2.68. The van der Waals surface area contributed by atoms with E-state index in [1.807, 2.05) is 6.92 Å². The number of carboxylic acids is 1. The minimum absolute atomic E-state index is 0.563. The molecule has 54 valence electrons. The smallest absolute Gasteiger partial charge is 0.348 e. The van der Waals surface area contributed by atoms with Gasteiger partial charge in [-0.05, 0) is 12.2 Å². The van der Waals surface area contributed by atoms with Crippen molar-refractivity contribution in [3.8, 4) is 0 Å². The molecule has 1 N–H and O–H groups in total. The van der Waals surface area contributed by atoms with Gasteiger partial charge in [-0.25, -0.2) is 9.18 Å². The predicted octanol–water partition coefficient (Wildman–Crippen LogP) is 1.51. The molecule has 0 aromatic carbocycles. The summed E-state index contributed by atoms with van der Waals surface area (Å²) in [5.74, 6) is -0.818. The minimum Gasteiger partial charge on any atom is -0.478 e. The predicted molar refractivity (Wildman–Crippen MR) is 35.3 cm³/mol. The van der Waals surface area contributed by atoms with E-state index in [-0.39, 0.29) is 0 Å². The maximum absolute atomic E-state index is 12.1. The number of alkyl halides is 1. The number of halogens is 1. The van der Waals surface area contributed by atoms with Crippen molar-refractivity contribution in [3.05, 3.63) is 0 Å². The monoisotopic (exact) mass is 152 g/mol. The summed E-state index contributed by atoms with van der Waals surface area (Å²) in [4.78, 5) is 9.81. The average Bonchev–Trinajstić information content (AvgIpc) is 1.82. The van der Waals surface area contributed by atoms with Gasteiger partial charge >= 0.3 is 5.97 Å². The maximum atomic E-state index is 12.1. The van der Waals surface area contributed by atoms with Crippen LogP contribution in [0.25, 0.3) is 0 Å². The molecule has 0 saturated heterocycles. The van der Waals surface area contributed by atoms with Gasteiger partial charge in [-0.1, -0.05) is 6.92 Å². The molecule has 0 spiro atoms. The lowest BCUT2D eigenvalue weighted by atomic mass is 10.6. The third-order valence-corrected chi connectivity index (χ3v) is 1.80. The molecule has 0 amide bonds. The Morgan fingerprint density at radius 3 is 2.78 bits per heavy atom. The highest BCUT2D eigenvalue weighted by molar-refractivity contribution is 8.00. The van der Waals surface area contributed by atoms with Crippen molar-refractivity contribution in [2.75, 3.05) is 5.75 Å². The Morgan fingerprint density at radius 1 is 1.89 bits per heavy atom. The molecule has 0 bridgehead atoms. The number of rotatable bonds is 4. The van der Waals surface area contributed by atoms with Gasteiger partial charge in [0.15, 0.2) is 0 Å². The molecular formula is C5H9FO2S. The number of carbonyl (C=O) groups is 1. The zero-order valence-electron chi connectivity index (χ0n) is 5.13. The van der Waals surface area contributed by atoms with Crippen molar-refractivity contribution in [3.63, 3.8) is 0 Å². The van der Waals surface area contributed by atoms with Gasteiger partial charge in [0.05, 0.1) is 0 Å². The van der Waals surface area contributed by atoms with Crippen molar-refractivity contribution in [1.82, 2.24) is 0 Å². The highest BCUT2D eigenvalue weighted by Gasteiger charge is 2.14. The fourth-order valence-electron chi connectivity index (χ4n) is 0.293. The first-order valence-corrected chi connectivity index (χ1v) is 3.71. The molecule has 0 saturated carbocycles. The third kappa shape index (κ3) is 4.27. The van der Waals surface area contributed by atoms with Crippen LogP contribution < -0.4 is 0 Å². The van der Waals surface area contributed by atoms with Crippen LogP contribution in [-0.2, 0) is 4.79 Å². The molecule has 0 aliphatic rings. The lowest BCUT2D eigenvalue weighted by Gasteiger charge is -1.98. The van der Waals surface area contributed by atoms with Gasteiger partial charge in [-0.15, -0.1) is 11.8 Å². The van der Waals surface area contributed by atoms with Crippen LogP contribution in [-0.4, -0.2) is 22.3 Å². The van der Waals surface area contributed by atoms with Gasteiger partial charge in [0.1, 0.15) is 0 Å². The van der Waals surface area contributed by atoms with Gasteiger partial charge < -0.3 is 5.11 Å². The topological polar surface area (TPSA) is 37.3 Å². The lowest BCUT2D eigenvalue weighted by molar-refractivity contribution is -0.139. The first-order valence-electron chi connectivity index (χ1n) is 2.67. The normalized spacial score (nSPS) is 13.1. The first-order chi connectivity index (χ1) is 4.18. The maximum Gasteiger partial charge on any atom is 0.348 e. The van der Waals surface area contributed by atoms with Gasteiger partial charge in [-0.3, -0.25) is 0 Å². The number of hydrogen-bond acceptors (Lipinski definition) is 2. The van der Waals surface area contributed by atoms with E-state index in [1.54, 1.807) is 0 Å². The van der Waals surface area contributed by atoms with Crippen molar-refractivity contribution >= 4 is 17.7 Å². The molecule has 0 aliphatic carbocycles. The average molecular weight is 152 g/mol. The molecule has 0 aromatic heterocycles. The number of hydrogen-bond donors (Lipinski definition) is 1. The summed E-state index contributed by atoms with van der Waals surface area (Å²) in [7, 11) is 0. The van der Waals surface area contributed by atoms with Gasteiger partial charge in [0.25, 0.3) is 0 Å². The first kappa shape index (κ1) is 8.75. The summed E-state index contributed by atoms with van der Waals surface area (Å²) in [5, 5.41) is 8.01. The summed E-state index contributed by atoms with van der Waals surface area (Å²) in [6.45, 7) is 1.88. The van der Waals surface area contributed by atoms with Gasteiger partial charge in [0, 0.05) is 0 Å². The zero-order valence-corrected chi connectivity index (χ0v) is 5.95. The quantitative estimate of drug-likeness (QED) is 0.663. The highest BCUT2D eigenvalue weighted by Crippen LogP contribution is 2.12. The van der Waals surface area contributed by atoms with Crippen LogP contribution >= 0.6 is 11.8 Å². The Hall–Kier alpha value is -0.250. The number of aliphatic carboxylic acids is 1. The molecule has 0 rings (SSSR count). The molecule has 0 aliphatic heterocycles. The Labute approximate surface area is 57.4 Å². The Balaban J connectivity index is 3.27.